The second-order valence-electron chi connectivity index (χ2n) is 5.51. The zero-order valence-corrected chi connectivity index (χ0v) is 11.8. The third-order valence-corrected chi connectivity index (χ3v) is 4.84. The first-order valence-corrected chi connectivity index (χ1v) is 7.95. The van der Waals surface area contributed by atoms with Crippen molar-refractivity contribution in [2.45, 2.75) is 45.2 Å². The highest BCUT2D eigenvalue weighted by Gasteiger charge is 2.29. The average molecular weight is 256 g/mol. The summed E-state index contributed by atoms with van der Waals surface area (Å²) < 4.78 is 0. The Morgan fingerprint density at radius 3 is 2.82 bits per heavy atom. The van der Waals surface area contributed by atoms with Crippen LogP contribution in [0.5, 0.6) is 0 Å². The lowest BCUT2D eigenvalue weighted by molar-refractivity contribution is -0.133. The molecule has 1 amide bonds. The first-order chi connectivity index (χ1) is 8.16. The molecule has 0 aliphatic carbocycles. The van der Waals surface area contributed by atoms with E-state index in [-0.39, 0.29) is 5.92 Å². The highest BCUT2D eigenvalue weighted by atomic mass is 32.2. The Hall–Kier alpha value is -0.220. The van der Waals surface area contributed by atoms with E-state index in [1.54, 1.807) is 0 Å². The maximum atomic E-state index is 11.9. The van der Waals surface area contributed by atoms with Gasteiger partial charge in [0.15, 0.2) is 0 Å². The Morgan fingerprint density at radius 2 is 2.18 bits per heavy atom. The summed E-state index contributed by atoms with van der Waals surface area (Å²) in [6.07, 6.45) is 3.77. The molecule has 0 bridgehead atoms. The monoisotopic (exact) mass is 256 g/mol. The number of hydrogen-bond acceptors (Lipinski definition) is 3. The van der Waals surface area contributed by atoms with E-state index in [1.807, 2.05) is 18.7 Å². The van der Waals surface area contributed by atoms with Crippen LogP contribution in [0.15, 0.2) is 0 Å². The highest BCUT2D eigenvalue weighted by molar-refractivity contribution is 7.99. The standard InChI is InChI=1S/C13H24N2OS/c1-10(2)13(16)15-6-5-11(8-15)14-12-4-3-7-17-9-12/h10-12,14H,3-9H2,1-2H3. The van der Waals surface area contributed by atoms with Gasteiger partial charge in [-0.1, -0.05) is 13.8 Å². The maximum Gasteiger partial charge on any atom is 0.225 e. The molecule has 2 fully saturated rings. The van der Waals surface area contributed by atoms with E-state index in [1.165, 1.54) is 24.3 Å². The van der Waals surface area contributed by atoms with Crippen molar-refractivity contribution in [1.29, 1.82) is 0 Å². The molecule has 3 nitrogen and oxygen atoms in total. The predicted octanol–water partition coefficient (Wildman–Crippen LogP) is 1.73. The Labute approximate surface area is 109 Å². The number of rotatable bonds is 3. The molecular formula is C13H24N2OS. The number of hydrogen-bond donors (Lipinski definition) is 1. The molecule has 0 radical (unpaired) electrons. The summed E-state index contributed by atoms with van der Waals surface area (Å²) in [7, 11) is 0. The number of nitrogens with zero attached hydrogens (tertiary/aromatic N) is 1. The van der Waals surface area contributed by atoms with E-state index in [2.05, 4.69) is 17.1 Å². The lowest BCUT2D eigenvalue weighted by Crippen LogP contribution is -2.43. The number of nitrogens with one attached hydrogen (secondary N) is 1. The Balaban J connectivity index is 1.75. The molecule has 0 spiro atoms. The lowest BCUT2D eigenvalue weighted by atomic mass is 10.1. The van der Waals surface area contributed by atoms with Gasteiger partial charge < -0.3 is 10.2 Å². The van der Waals surface area contributed by atoms with Crippen LogP contribution < -0.4 is 5.32 Å². The van der Waals surface area contributed by atoms with Crippen LogP contribution in [-0.2, 0) is 4.79 Å². The normalized spacial score (nSPS) is 29.9. The molecule has 2 unspecified atom stereocenters. The summed E-state index contributed by atoms with van der Waals surface area (Å²) in [5.41, 5.74) is 0. The Kier molecular flexibility index (Phi) is 4.74. The second-order valence-corrected chi connectivity index (χ2v) is 6.66. The molecule has 0 aromatic carbocycles. The van der Waals surface area contributed by atoms with Gasteiger partial charge in [-0.3, -0.25) is 4.79 Å². The summed E-state index contributed by atoms with van der Waals surface area (Å²) in [6.45, 7) is 5.83. The number of carbonyl (C=O) groups is 1. The molecular weight excluding hydrogens is 232 g/mol. The quantitative estimate of drug-likeness (QED) is 0.834. The van der Waals surface area contributed by atoms with Gasteiger partial charge in [0.25, 0.3) is 0 Å². The van der Waals surface area contributed by atoms with Crippen LogP contribution in [0.4, 0.5) is 0 Å². The first-order valence-electron chi connectivity index (χ1n) is 6.79. The van der Waals surface area contributed by atoms with Gasteiger partial charge in [0.1, 0.15) is 0 Å². The lowest BCUT2D eigenvalue weighted by Gasteiger charge is -2.26. The summed E-state index contributed by atoms with van der Waals surface area (Å²) in [4.78, 5) is 13.9. The van der Waals surface area contributed by atoms with Crippen molar-refractivity contribution >= 4 is 17.7 Å². The van der Waals surface area contributed by atoms with Crippen molar-refractivity contribution in [3.63, 3.8) is 0 Å². The fourth-order valence-corrected chi connectivity index (χ4v) is 3.75. The Bertz CT molecular complexity index is 264. The van der Waals surface area contributed by atoms with Crippen molar-refractivity contribution in [3.05, 3.63) is 0 Å². The van der Waals surface area contributed by atoms with E-state index in [4.69, 9.17) is 0 Å². The summed E-state index contributed by atoms with van der Waals surface area (Å²) in [6, 6.07) is 1.20. The van der Waals surface area contributed by atoms with E-state index in [9.17, 15) is 4.79 Å². The number of thioether (sulfide) groups is 1. The maximum absolute atomic E-state index is 11.9. The zero-order chi connectivity index (χ0) is 12.3. The van der Waals surface area contributed by atoms with Gasteiger partial charge in [-0.15, -0.1) is 0 Å². The molecule has 17 heavy (non-hydrogen) atoms. The van der Waals surface area contributed by atoms with Crippen molar-refractivity contribution in [2.75, 3.05) is 24.6 Å². The van der Waals surface area contributed by atoms with E-state index in [0.29, 0.717) is 18.0 Å². The molecule has 2 atom stereocenters. The third-order valence-electron chi connectivity index (χ3n) is 3.63. The van der Waals surface area contributed by atoms with Crippen molar-refractivity contribution in [2.24, 2.45) is 5.92 Å². The van der Waals surface area contributed by atoms with Crippen LogP contribution in [-0.4, -0.2) is 47.5 Å². The molecule has 4 heteroatoms. The van der Waals surface area contributed by atoms with Crippen molar-refractivity contribution < 1.29 is 4.79 Å². The fourth-order valence-electron chi connectivity index (χ4n) is 2.67. The Morgan fingerprint density at radius 1 is 1.35 bits per heavy atom. The van der Waals surface area contributed by atoms with Crippen LogP contribution in [0.2, 0.25) is 0 Å². The molecule has 0 aromatic rings. The van der Waals surface area contributed by atoms with Crippen LogP contribution in [0.3, 0.4) is 0 Å². The molecule has 2 heterocycles. The summed E-state index contributed by atoms with van der Waals surface area (Å²) in [5.74, 6) is 3.02. The summed E-state index contributed by atoms with van der Waals surface area (Å²) in [5, 5.41) is 3.73. The van der Waals surface area contributed by atoms with Gasteiger partial charge in [0.2, 0.25) is 5.91 Å². The third kappa shape index (κ3) is 3.62. The number of amides is 1. The fraction of sp³-hybridized carbons (Fsp3) is 0.923. The zero-order valence-electron chi connectivity index (χ0n) is 10.9. The van der Waals surface area contributed by atoms with Gasteiger partial charge in [0.05, 0.1) is 0 Å². The van der Waals surface area contributed by atoms with E-state index >= 15 is 0 Å². The minimum Gasteiger partial charge on any atom is -0.341 e. The van der Waals surface area contributed by atoms with Crippen LogP contribution in [0.25, 0.3) is 0 Å². The number of carbonyl (C=O) groups excluding carboxylic acids is 1. The van der Waals surface area contributed by atoms with Crippen molar-refractivity contribution in [3.8, 4) is 0 Å². The molecule has 0 aromatic heterocycles. The summed E-state index contributed by atoms with van der Waals surface area (Å²) >= 11 is 2.06. The highest BCUT2D eigenvalue weighted by Crippen LogP contribution is 2.19. The smallest absolute Gasteiger partial charge is 0.225 e. The van der Waals surface area contributed by atoms with E-state index in [0.717, 1.165) is 19.5 Å². The molecule has 2 aliphatic rings. The van der Waals surface area contributed by atoms with Gasteiger partial charge in [-0.05, 0) is 25.0 Å². The second kappa shape index (κ2) is 6.10. The van der Waals surface area contributed by atoms with Crippen LogP contribution >= 0.6 is 11.8 Å². The van der Waals surface area contributed by atoms with Gasteiger partial charge in [0, 0.05) is 36.8 Å². The van der Waals surface area contributed by atoms with Crippen LogP contribution in [0, 0.1) is 5.92 Å². The van der Waals surface area contributed by atoms with E-state index < -0.39 is 0 Å². The van der Waals surface area contributed by atoms with Gasteiger partial charge in [-0.25, -0.2) is 0 Å². The predicted molar refractivity (Wildman–Crippen MR) is 73.3 cm³/mol. The minimum absolute atomic E-state index is 0.138. The molecule has 1 N–H and O–H groups in total. The topological polar surface area (TPSA) is 32.3 Å². The first kappa shape index (κ1) is 13.2. The molecule has 2 saturated heterocycles. The number of likely N-dealkylation sites (tertiary alicyclic amines) is 1. The SMILES string of the molecule is CC(C)C(=O)N1CCC(NC2CCCSC2)C1. The molecule has 98 valence electrons. The molecule has 0 saturated carbocycles. The molecule has 2 rings (SSSR count). The van der Waals surface area contributed by atoms with Crippen molar-refractivity contribution in [1.82, 2.24) is 10.2 Å². The van der Waals surface area contributed by atoms with Gasteiger partial charge in [-0.2, -0.15) is 11.8 Å². The van der Waals surface area contributed by atoms with Gasteiger partial charge >= 0.3 is 0 Å². The van der Waals surface area contributed by atoms with Crippen LogP contribution in [0.1, 0.15) is 33.1 Å². The molecule has 2 aliphatic heterocycles. The minimum atomic E-state index is 0.138. The average Bonchev–Trinajstić information content (AvgIpc) is 2.77. The largest absolute Gasteiger partial charge is 0.341 e.